The lowest BCUT2D eigenvalue weighted by Gasteiger charge is -2.22. The number of ether oxygens (including phenoxy) is 1. The Bertz CT molecular complexity index is 484. The Morgan fingerprint density at radius 3 is 3.26 bits per heavy atom. The van der Waals surface area contributed by atoms with Crippen molar-refractivity contribution >= 4 is 5.65 Å². The second-order valence-corrected chi connectivity index (χ2v) is 5.25. The first-order valence-electron chi connectivity index (χ1n) is 7.13. The zero-order chi connectivity index (χ0) is 12.9. The highest BCUT2D eigenvalue weighted by molar-refractivity contribution is 5.39. The summed E-state index contributed by atoms with van der Waals surface area (Å²) in [6.45, 7) is 3.78. The molecule has 0 spiro atoms. The highest BCUT2D eigenvalue weighted by Gasteiger charge is 2.12. The van der Waals surface area contributed by atoms with Gasteiger partial charge in [-0.25, -0.2) is 4.98 Å². The summed E-state index contributed by atoms with van der Waals surface area (Å²) in [7, 11) is 0. The Morgan fingerprint density at radius 1 is 1.42 bits per heavy atom. The lowest BCUT2D eigenvalue weighted by atomic mass is 9.97. The number of fused-ring (bicyclic) bond motifs is 1. The zero-order valence-corrected chi connectivity index (χ0v) is 11.2. The van der Waals surface area contributed by atoms with Crippen LogP contribution < -0.4 is 5.32 Å². The molecule has 0 bridgehead atoms. The van der Waals surface area contributed by atoms with Crippen LogP contribution in [0.3, 0.4) is 0 Å². The SMILES string of the molecule is c1ccn2cc(COCCC3CCCNC3)nc2c1. The van der Waals surface area contributed by atoms with Crippen molar-refractivity contribution in [3.63, 3.8) is 0 Å². The largest absolute Gasteiger partial charge is 0.375 e. The van der Waals surface area contributed by atoms with Crippen LogP contribution in [0.25, 0.3) is 5.65 Å². The van der Waals surface area contributed by atoms with E-state index in [2.05, 4.69) is 10.3 Å². The average molecular weight is 259 g/mol. The highest BCUT2D eigenvalue weighted by atomic mass is 16.5. The molecule has 3 rings (SSSR count). The topological polar surface area (TPSA) is 38.6 Å². The average Bonchev–Trinajstić information content (AvgIpc) is 2.87. The molecule has 1 aliphatic heterocycles. The Kier molecular flexibility index (Phi) is 4.10. The minimum absolute atomic E-state index is 0.613. The van der Waals surface area contributed by atoms with Crippen LogP contribution in [0.4, 0.5) is 0 Å². The fraction of sp³-hybridized carbons (Fsp3) is 0.533. The van der Waals surface area contributed by atoms with Crippen LogP contribution in [-0.4, -0.2) is 29.1 Å². The number of aromatic nitrogens is 2. The summed E-state index contributed by atoms with van der Waals surface area (Å²) in [5.41, 5.74) is 1.99. The van der Waals surface area contributed by atoms with E-state index in [0.717, 1.165) is 36.8 Å². The van der Waals surface area contributed by atoms with E-state index in [-0.39, 0.29) is 0 Å². The molecule has 1 atom stereocenters. The van der Waals surface area contributed by atoms with Crippen molar-refractivity contribution in [1.29, 1.82) is 0 Å². The lowest BCUT2D eigenvalue weighted by molar-refractivity contribution is 0.101. The first-order chi connectivity index (χ1) is 9.42. The van der Waals surface area contributed by atoms with Gasteiger partial charge in [0.05, 0.1) is 12.3 Å². The third-order valence-electron chi connectivity index (χ3n) is 3.73. The van der Waals surface area contributed by atoms with Crippen LogP contribution >= 0.6 is 0 Å². The van der Waals surface area contributed by atoms with Gasteiger partial charge in [-0.1, -0.05) is 6.07 Å². The Morgan fingerprint density at radius 2 is 2.42 bits per heavy atom. The molecular weight excluding hydrogens is 238 g/mol. The second-order valence-electron chi connectivity index (χ2n) is 5.25. The van der Waals surface area contributed by atoms with E-state index < -0.39 is 0 Å². The zero-order valence-electron chi connectivity index (χ0n) is 11.2. The fourth-order valence-corrected chi connectivity index (χ4v) is 2.65. The Labute approximate surface area is 113 Å². The molecule has 1 saturated heterocycles. The molecule has 1 unspecified atom stereocenters. The predicted molar refractivity (Wildman–Crippen MR) is 75.1 cm³/mol. The number of pyridine rings is 1. The van der Waals surface area contributed by atoms with Gasteiger partial charge in [-0.15, -0.1) is 0 Å². The number of imidazole rings is 1. The number of rotatable bonds is 5. The number of piperidine rings is 1. The number of nitrogens with zero attached hydrogens (tertiary/aromatic N) is 2. The smallest absolute Gasteiger partial charge is 0.137 e. The molecular formula is C15H21N3O. The maximum absolute atomic E-state index is 5.75. The van der Waals surface area contributed by atoms with Crippen LogP contribution in [0.15, 0.2) is 30.6 Å². The maximum Gasteiger partial charge on any atom is 0.137 e. The van der Waals surface area contributed by atoms with Crippen LogP contribution in [0.2, 0.25) is 0 Å². The van der Waals surface area contributed by atoms with E-state index >= 15 is 0 Å². The minimum Gasteiger partial charge on any atom is -0.375 e. The van der Waals surface area contributed by atoms with Gasteiger partial charge in [-0.05, 0) is 50.4 Å². The summed E-state index contributed by atoms with van der Waals surface area (Å²) < 4.78 is 7.78. The van der Waals surface area contributed by atoms with Gasteiger partial charge in [0.25, 0.3) is 0 Å². The fourth-order valence-electron chi connectivity index (χ4n) is 2.65. The van der Waals surface area contributed by atoms with Crippen molar-refractivity contribution in [3.8, 4) is 0 Å². The van der Waals surface area contributed by atoms with E-state index in [1.165, 1.54) is 19.4 Å². The summed E-state index contributed by atoms with van der Waals surface area (Å²) >= 11 is 0. The van der Waals surface area contributed by atoms with Crippen LogP contribution in [0.5, 0.6) is 0 Å². The van der Waals surface area contributed by atoms with Crippen molar-refractivity contribution < 1.29 is 4.74 Å². The summed E-state index contributed by atoms with van der Waals surface area (Å²) in [5.74, 6) is 0.787. The van der Waals surface area contributed by atoms with Gasteiger partial charge in [0, 0.05) is 19.0 Å². The quantitative estimate of drug-likeness (QED) is 0.837. The molecule has 0 amide bonds. The molecule has 2 aromatic rings. The van der Waals surface area contributed by atoms with Crippen molar-refractivity contribution in [2.24, 2.45) is 5.92 Å². The molecule has 1 fully saturated rings. The standard InChI is InChI=1S/C15H21N3O/c1-2-8-18-11-14(17-15(18)5-1)12-19-9-6-13-4-3-7-16-10-13/h1-2,5,8,11,13,16H,3-4,6-7,9-10,12H2. The van der Waals surface area contributed by atoms with Gasteiger partial charge in [0.2, 0.25) is 0 Å². The normalized spacial score (nSPS) is 19.9. The van der Waals surface area contributed by atoms with E-state index in [9.17, 15) is 0 Å². The van der Waals surface area contributed by atoms with Crippen molar-refractivity contribution in [3.05, 3.63) is 36.3 Å². The molecule has 102 valence electrons. The first kappa shape index (κ1) is 12.6. The molecule has 0 saturated carbocycles. The van der Waals surface area contributed by atoms with Crippen LogP contribution in [0, 0.1) is 5.92 Å². The first-order valence-corrected chi connectivity index (χ1v) is 7.13. The van der Waals surface area contributed by atoms with Gasteiger partial charge in [-0.3, -0.25) is 0 Å². The lowest BCUT2D eigenvalue weighted by Crippen LogP contribution is -2.30. The number of nitrogens with one attached hydrogen (secondary N) is 1. The van der Waals surface area contributed by atoms with Gasteiger partial charge in [0.15, 0.2) is 0 Å². The highest BCUT2D eigenvalue weighted by Crippen LogP contribution is 2.14. The molecule has 0 aliphatic carbocycles. The third-order valence-corrected chi connectivity index (χ3v) is 3.73. The molecule has 4 heteroatoms. The molecule has 0 aromatic carbocycles. The molecule has 4 nitrogen and oxygen atoms in total. The van der Waals surface area contributed by atoms with E-state index in [1.54, 1.807) is 0 Å². The van der Waals surface area contributed by atoms with Gasteiger partial charge in [-0.2, -0.15) is 0 Å². The Hall–Kier alpha value is -1.39. The van der Waals surface area contributed by atoms with Gasteiger partial charge < -0.3 is 14.5 Å². The van der Waals surface area contributed by atoms with E-state index in [4.69, 9.17) is 4.74 Å². The van der Waals surface area contributed by atoms with E-state index in [1.807, 2.05) is 35.0 Å². The summed E-state index contributed by atoms with van der Waals surface area (Å²) in [4.78, 5) is 4.52. The molecule has 19 heavy (non-hydrogen) atoms. The molecule has 3 heterocycles. The number of hydrogen-bond acceptors (Lipinski definition) is 3. The van der Waals surface area contributed by atoms with Crippen LogP contribution in [-0.2, 0) is 11.3 Å². The molecule has 1 N–H and O–H groups in total. The monoisotopic (exact) mass is 259 g/mol. The third kappa shape index (κ3) is 3.33. The predicted octanol–water partition coefficient (Wildman–Crippen LogP) is 2.24. The van der Waals surface area contributed by atoms with Gasteiger partial charge >= 0.3 is 0 Å². The molecule has 1 aliphatic rings. The molecule has 2 aromatic heterocycles. The van der Waals surface area contributed by atoms with Crippen LogP contribution in [0.1, 0.15) is 25.0 Å². The van der Waals surface area contributed by atoms with Gasteiger partial charge in [0.1, 0.15) is 5.65 Å². The molecule has 0 radical (unpaired) electrons. The van der Waals surface area contributed by atoms with Crippen molar-refractivity contribution in [1.82, 2.24) is 14.7 Å². The summed E-state index contributed by atoms with van der Waals surface area (Å²) in [6, 6.07) is 6.02. The number of hydrogen-bond donors (Lipinski definition) is 1. The van der Waals surface area contributed by atoms with E-state index in [0.29, 0.717) is 6.61 Å². The summed E-state index contributed by atoms with van der Waals surface area (Å²) in [5, 5.41) is 3.44. The second kappa shape index (κ2) is 6.17. The summed E-state index contributed by atoms with van der Waals surface area (Å²) in [6.07, 6.45) is 7.85. The minimum atomic E-state index is 0.613. The Balaban J connectivity index is 1.44. The van der Waals surface area contributed by atoms with Crippen molar-refractivity contribution in [2.75, 3.05) is 19.7 Å². The van der Waals surface area contributed by atoms with Crippen molar-refractivity contribution in [2.45, 2.75) is 25.9 Å². The maximum atomic E-state index is 5.75.